The lowest BCUT2D eigenvalue weighted by molar-refractivity contribution is 0.172. The minimum atomic E-state index is 0.102. The summed E-state index contributed by atoms with van der Waals surface area (Å²) < 4.78 is 11.0. The van der Waals surface area contributed by atoms with Crippen LogP contribution in [0.1, 0.15) is 6.92 Å². The summed E-state index contributed by atoms with van der Waals surface area (Å²) in [4.78, 5) is 0. The van der Waals surface area contributed by atoms with Crippen LogP contribution in [0, 0.1) is 0 Å². The van der Waals surface area contributed by atoms with Crippen molar-refractivity contribution in [3.63, 3.8) is 0 Å². The van der Waals surface area contributed by atoms with Gasteiger partial charge in [-0.05, 0) is 13.2 Å². The van der Waals surface area contributed by atoms with Crippen LogP contribution in [0.3, 0.4) is 0 Å². The maximum atomic E-state index is 9.30. The Morgan fingerprint density at radius 3 is 2.58 bits per heavy atom. The summed E-state index contributed by atoms with van der Waals surface area (Å²) in [5, 5.41) is 12.7. The van der Waals surface area contributed by atoms with Crippen molar-refractivity contribution in [2.75, 3.05) is 37.1 Å². The summed E-state index contributed by atoms with van der Waals surface area (Å²) in [7, 11) is 0. The zero-order chi connectivity index (χ0) is 13.8. The van der Waals surface area contributed by atoms with Gasteiger partial charge in [0.25, 0.3) is 0 Å². The van der Waals surface area contributed by atoms with Gasteiger partial charge in [-0.3, -0.25) is 0 Å². The molecule has 0 bridgehead atoms. The zero-order valence-corrected chi connectivity index (χ0v) is 12.0. The van der Waals surface area contributed by atoms with Crippen molar-refractivity contribution in [1.29, 1.82) is 0 Å². The molecule has 4 N–H and O–H groups in total. The van der Waals surface area contributed by atoms with Crippen molar-refractivity contribution in [3.8, 4) is 11.5 Å². The van der Waals surface area contributed by atoms with E-state index in [0.717, 1.165) is 5.69 Å². The SMILES string of the molecule is CSC(CO)C(C)Nc1cc2c(cc1N)OCCO2. The molecular weight excluding hydrogens is 264 g/mol. The Bertz CT molecular complexity index is 438. The van der Waals surface area contributed by atoms with Crippen molar-refractivity contribution >= 4 is 23.1 Å². The molecule has 1 aliphatic rings. The Kier molecular flexibility index (Phi) is 4.66. The number of benzene rings is 1. The first-order valence-electron chi connectivity index (χ1n) is 6.25. The normalized spacial score (nSPS) is 16.8. The fraction of sp³-hybridized carbons (Fsp3) is 0.538. The number of ether oxygens (including phenoxy) is 2. The molecule has 1 aromatic rings. The molecule has 2 rings (SSSR count). The predicted octanol–water partition coefficient (Wildman–Crippen LogP) is 1.56. The number of nitrogens with two attached hydrogens (primary N) is 1. The van der Waals surface area contributed by atoms with E-state index in [1.807, 2.05) is 19.2 Å². The van der Waals surface area contributed by atoms with E-state index in [0.29, 0.717) is 30.4 Å². The third-order valence-corrected chi connectivity index (χ3v) is 4.30. The molecule has 19 heavy (non-hydrogen) atoms. The molecular formula is C13H20N2O3S. The molecule has 5 nitrogen and oxygen atoms in total. The number of hydrogen-bond acceptors (Lipinski definition) is 6. The van der Waals surface area contributed by atoms with Crippen LogP contribution in [-0.4, -0.2) is 42.5 Å². The Balaban J connectivity index is 2.16. The average Bonchev–Trinajstić information content (AvgIpc) is 2.41. The number of rotatable bonds is 5. The van der Waals surface area contributed by atoms with Crippen LogP contribution in [0.5, 0.6) is 11.5 Å². The molecule has 0 aromatic heterocycles. The number of fused-ring (bicyclic) bond motifs is 1. The van der Waals surface area contributed by atoms with E-state index in [9.17, 15) is 5.11 Å². The number of nitrogen functional groups attached to an aromatic ring is 1. The van der Waals surface area contributed by atoms with Gasteiger partial charge in [0, 0.05) is 23.4 Å². The van der Waals surface area contributed by atoms with Crippen molar-refractivity contribution < 1.29 is 14.6 Å². The van der Waals surface area contributed by atoms with E-state index >= 15 is 0 Å². The van der Waals surface area contributed by atoms with Gasteiger partial charge in [0.2, 0.25) is 0 Å². The summed E-state index contributed by atoms with van der Waals surface area (Å²) >= 11 is 1.62. The Hall–Kier alpha value is -1.27. The van der Waals surface area contributed by atoms with Crippen LogP contribution in [0.2, 0.25) is 0 Å². The van der Waals surface area contributed by atoms with Crippen LogP contribution in [0.25, 0.3) is 0 Å². The van der Waals surface area contributed by atoms with E-state index in [1.54, 1.807) is 17.8 Å². The summed E-state index contributed by atoms with van der Waals surface area (Å²) in [5.74, 6) is 1.39. The molecule has 6 heteroatoms. The first kappa shape index (κ1) is 14.1. The first-order chi connectivity index (χ1) is 9.15. The highest BCUT2D eigenvalue weighted by molar-refractivity contribution is 7.99. The number of nitrogens with one attached hydrogen (secondary N) is 1. The summed E-state index contributed by atoms with van der Waals surface area (Å²) in [6, 6.07) is 3.73. The van der Waals surface area contributed by atoms with Gasteiger partial charge in [0.1, 0.15) is 13.2 Å². The van der Waals surface area contributed by atoms with Gasteiger partial charge in [-0.25, -0.2) is 0 Å². The monoisotopic (exact) mass is 284 g/mol. The second kappa shape index (κ2) is 6.25. The summed E-state index contributed by atoms with van der Waals surface area (Å²) in [6.07, 6.45) is 1.98. The van der Waals surface area contributed by atoms with Crippen LogP contribution in [-0.2, 0) is 0 Å². The molecule has 0 amide bonds. The van der Waals surface area contributed by atoms with Crippen LogP contribution >= 0.6 is 11.8 Å². The lowest BCUT2D eigenvalue weighted by Gasteiger charge is -2.25. The highest BCUT2D eigenvalue weighted by Crippen LogP contribution is 2.37. The summed E-state index contributed by atoms with van der Waals surface area (Å²) in [6.45, 7) is 3.25. The molecule has 1 aliphatic heterocycles. The molecule has 0 radical (unpaired) electrons. The largest absolute Gasteiger partial charge is 0.486 e. The minimum Gasteiger partial charge on any atom is -0.486 e. The van der Waals surface area contributed by atoms with Gasteiger partial charge >= 0.3 is 0 Å². The molecule has 0 spiro atoms. The van der Waals surface area contributed by atoms with Crippen LogP contribution in [0.15, 0.2) is 12.1 Å². The third kappa shape index (κ3) is 3.19. The number of thioether (sulfide) groups is 1. The van der Waals surface area contributed by atoms with Gasteiger partial charge in [0.15, 0.2) is 11.5 Å². The standard InChI is InChI=1S/C13H20N2O3S/c1-8(13(7-16)19-2)15-10-6-12-11(5-9(10)14)17-3-4-18-12/h5-6,8,13,15-16H,3-4,7,14H2,1-2H3. The molecule has 2 unspecified atom stereocenters. The van der Waals surface area contributed by atoms with Gasteiger partial charge in [0.05, 0.1) is 18.0 Å². The molecule has 0 fully saturated rings. The second-order valence-electron chi connectivity index (χ2n) is 4.47. The molecule has 0 saturated heterocycles. The van der Waals surface area contributed by atoms with Crippen LogP contribution < -0.4 is 20.5 Å². The van der Waals surface area contributed by atoms with Crippen molar-refractivity contribution in [1.82, 2.24) is 0 Å². The van der Waals surface area contributed by atoms with E-state index in [2.05, 4.69) is 5.32 Å². The molecule has 0 aliphatic carbocycles. The third-order valence-electron chi connectivity index (χ3n) is 3.14. The van der Waals surface area contributed by atoms with Gasteiger partial charge < -0.3 is 25.6 Å². The van der Waals surface area contributed by atoms with Gasteiger partial charge in [-0.2, -0.15) is 11.8 Å². The fourth-order valence-corrected chi connectivity index (χ4v) is 2.63. The lowest BCUT2D eigenvalue weighted by Crippen LogP contribution is -2.31. The topological polar surface area (TPSA) is 76.7 Å². The zero-order valence-electron chi connectivity index (χ0n) is 11.2. The molecule has 1 heterocycles. The first-order valence-corrected chi connectivity index (χ1v) is 7.53. The van der Waals surface area contributed by atoms with Gasteiger partial charge in [-0.15, -0.1) is 0 Å². The van der Waals surface area contributed by atoms with E-state index < -0.39 is 0 Å². The Morgan fingerprint density at radius 1 is 1.37 bits per heavy atom. The smallest absolute Gasteiger partial charge is 0.163 e. The highest BCUT2D eigenvalue weighted by atomic mass is 32.2. The molecule has 106 valence electrons. The van der Waals surface area contributed by atoms with Crippen molar-refractivity contribution in [3.05, 3.63) is 12.1 Å². The fourth-order valence-electron chi connectivity index (χ4n) is 2.00. The van der Waals surface area contributed by atoms with Crippen molar-refractivity contribution in [2.45, 2.75) is 18.2 Å². The Labute approximate surface area is 117 Å². The number of aliphatic hydroxyl groups excluding tert-OH is 1. The lowest BCUT2D eigenvalue weighted by atomic mass is 10.2. The van der Waals surface area contributed by atoms with E-state index in [4.69, 9.17) is 15.2 Å². The second-order valence-corrected chi connectivity index (χ2v) is 5.55. The molecule has 1 aromatic carbocycles. The van der Waals surface area contributed by atoms with E-state index in [-0.39, 0.29) is 17.9 Å². The Morgan fingerprint density at radius 2 is 2.00 bits per heavy atom. The predicted molar refractivity (Wildman–Crippen MR) is 79.3 cm³/mol. The van der Waals surface area contributed by atoms with E-state index in [1.165, 1.54) is 0 Å². The minimum absolute atomic E-state index is 0.102. The average molecular weight is 284 g/mol. The molecule has 2 atom stereocenters. The number of hydrogen-bond donors (Lipinski definition) is 3. The maximum absolute atomic E-state index is 9.30. The van der Waals surface area contributed by atoms with Crippen molar-refractivity contribution in [2.24, 2.45) is 0 Å². The quantitative estimate of drug-likeness (QED) is 0.712. The number of anilines is 2. The number of aliphatic hydroxyl groups is 1. The summed E-state index contributed by atoms with van der Waals surface area (Å²) in [5.41, 5.74) is 7.44. The highest BCUT2D eigenvalue weighted by Gasteiger charge is 2.19. The van der Waals surface area contributed by atoms with Crippen LogP contribution in [0.4, 0.5) is 11.4 Å². The molecule has 0 saturated carbocycles. The van der Waals surface area contributed by atoms with Gasteiger partial charge in [-0.1, -0.05) is 0 Å². The maximum Gasteiger partial charge on any atom is 0.163 e.